The fourth-order valence-corrected chi connectivity index (χ4v) is 2.88. The van der Waals surface area contributed by atoms with Crippen molar-refractivity contribution in [1.82, 2.24) is 0 Å². The van der Waals surface area contributed by atoms with E-state index in [-0.39, 0.29) is 24.2 Å². The second kappa shape index (κ2) is 6.74. The molecule has 1 aliphatic rings. The molecule has 0 aliphatic carbocycles. The molecule has 1 fully saturated rings. The van der Waals surface area contributed by atoms with Crippen molar-refractivity contribution in [3.63, 3.8) is 0 Å². The van der Waals surface area contributed by atoms with E-state index in [2.05, 4.69) is 5.32 Å². The van der Waals surface area contributed by atoms with E-state index in [1.165, 1.54) is 0 Å². The van der Waals surface area contributed by atoms with Crippen molar-refractivity contribution < 1.29 is 14.3 Å². The number of hydrogen-bond acceptors (Lipinski definition) is 3. The van der Waals surface area contributed by atoms with E-state index in [0.29, 0.717) is 12.3 Å². The zero-order valence-electron chi connectivity index (χ0n) is 13.8. The molecule has 0 bridgehead atoms. The highest BCUT2D eigenvalue weighted by Gasteiger charge is 2.35. The van der Waals surface area contributed by atoms with Gasteiger partial charge in [0.25, 0.3) is 0 Å². The number of carbonyl (C=O) groups is 2. The molecule has 5 nitrogen and oxygen atoms in total. The Balaban J connectivity index is 1.70. The molecule has 0 aromatic heterocycles. The molecule has 1 N–H and O–H groups in total. The van der Waals surface area contributed by atoms with Gasteiger partial charge in [-0.2, -0.15) is 0 Å². The summed E-state index contributed by atoms with van der Waals surface area (Å²) in [7, 11) is 1.59. The van der Waals surface area contributed by atoms with Crippen molar-refractivity contribution in [1.29, 1.82) is 0 Å². The van der Waals surface area contributed by atoms with Gasteiger partial charge in [-0.25, -0.2) is 0 Å². The minimum absolute atomic E-state index is 0.0485. The summed E-state index contributed by atoms with van der Waals surface area (Å²) in [5, 5.41) is 2.90. The third kappa shape index (κ3) is 3.40. The van der Waals surface area contributed by atoms with Crippen LogP contribution in [0, 0.1) is 12.8 Å². The average molecular weight is 324 g/mol. The summed E-state index contributed by atoms with van der Waals surface area (Å²) >= 11 is 0. The number of methoxy groups -OCH3 is 1. The van der Waals surface area contributed by atoms with Gasteiger partial charge in [0.1, 0.15) is 5.75 Å². The number of nitrogens with zero attached hydrogens (tertiary/aromatic N) is 1. The molecule has 5 heteroatoms. The minimum Gasteiger partial charge on any atom is -0.497 e. The lowest BCUT2D eigenvalue weighted by Crippen LogP contribution is -2.28. The number of carbonyl (C=O) groups excluding carboxylic acids is 2. The Hall–Kier alpha value is -2.82. The molecule has 0 radical (unpaired) electrons. The summed E-state index contributed by atoms with van der Waals surface area (Å²) in [5.41, 5.74) is 2.59. The molecule has 3 rings (SSSR count). The van der Waals surface area contributed by atoms with Crippen LogP contribution in [0.15, 0.2) is 48.5 Å². The Morgan fingerprint density at radius 2 is 2.00 bits per heavy atom. The van der Waals surface area contributed by atoms with E-state index in [1.807, 2.05) is 49.4 Å². The lowest BCUT2D eigenvalue weighted by molar-refractivity contribution is -0.122. The van der Waals surface area contributed by atoms with Crippen molar-refractivity contribution in [3.05, 3.63) is 54.1 Å². The van der Waals surface area contributed by atoms with Crippen LogP contribution in [0.25, 0.3) is 0 Å². The van der Waals surface area contributed by atoms with E-state index >= 15 is 0 Å². The van der Waals surface area contributed by atoms with Gasteiger partial charge in [-0.15, -0.1) is 0 Å². The Labute approximate surface area is 141 Å². The van der Waals surface area contributed by atoms with Crippen molar-refractivity contribution >= 4 is 23.2 Å². The largest absolute Gasteiger partial charge is 0.497 e. The first-order valence-corrected chi connectivity index (χ1v) is 7.89. The molecule has 0 unspecified atom stereocenters. The van der Waals surface area contributed by atoms with Gasteiger partial charge in [0, 0.05) is 30.4 Å². The van der Waals surface area contributed by atoms with Crippen LogP contribution >= 0.6 is 0 Å². The highest BCUT2D eigenvalue weighted by Crippen LogP contribution is 2.28. The normalized spacial score (nSPS) is 17.0. The van der Waals surface area contributed by atoms with Crippen LogP contribution in [0.3, 0.4) is 0 Å². The molecule has 0 spiro atoms. The van der Waals surface area contributed by atoms with Crippen LogP contribution < -0.4 is 15.0 Å². The van der Waals surface area contributed by atoms with Crippen LogP contribution in [-0.4, -0.2) is 25.5 Å². The van der Waals surface area contributed by atoms with Crippen LogP contribution in [0.4, 0.5) is 11.4 Å². The zero-order valence-corrected chi connectivity index (χ0v) is 13.8. The Morgan fingerprint density at radius 1 is 1.21 bits per heavy atom. The minimum atomic E-state index is -0.357. The Morgan fingerprint density at radius 3 is 2.75 bits per heavy atom. The number of hydrogen-bond donors (Lipinski definition) is 1. The van der Waals surface area contributed by atoms with Gasteiger partial charge in [-0.1, -0.05) is 18.2 Å². The fourth-order valence-electron chi connectivity index (χ4n) is 2.88. The smallest absolute Gasteiger partial charge is 0.229 e. The van der Waals surface area contributed by atoms with Crippen molar-refractivity contribution in [2.24, 2.45) is 5.92 Å². The standard InChI is InChI=1S/C19H20N2O3/c1-13-5-3-6-15(9-13)20-19(23)14-10-18(22)21(12-14)16-7-4-8-17(11-16)24-2/h3-9,11,14H,10,12H2,1-2H3,(H,20,23)/t14-/m0/s1. The fraction of sp³-hybridized carbons (Fsp3) is 0.263. The topological polar surface area (TPSA) is 58.6 Å². The number of ether oxygens (including phenoxy) is 1. The maximum Gasteiger partial charge on any atom is 0.229 e. The number of benzene rings is 2. The van der Waals surface area contributed by atoms with Crippen molar-refractivity contribution in [3.8, 4) is 5.75 Å². The molecule has 2 amide bonds. The van der Waals surface area contributed by atoms with Crippen LogP contribution in [-0.2, 0) is 9.59 Å². The number of aryl methyl sites for hydroxylation is 1. The molecule has 124 valence electrons. The summed E-state index contributed by atoms with van der Waals surface area (Å²) < 4.78 is 5.20. The van der Waals surface area contributed by atoms with E-state index in [0.717, 1.165) is 16.9 Å². The number of anilines is 2. The van der Waals surface area contributed by atoms with E-state index < -0.39 is 0 Å². The molecule has 0 saturated carbocycles. The summed E-state index contributed by atoms with van der Waals surface area (Å²) in [6.07, 6.45) is 0.217. The molecular formula is C19H20N2O3. The van der Waals surface area contributed by atoms with Gasteiger partial charge in [0.05, 0.1) is 13.0 Å². The number of rotatable bonds is 4. The highest BCUT2D eigenvalue weighted by atomic mass is 16.5. The van der Waals surface area contributed by atoms with E-state index in [4.69, 9.17) is 4.74 Å². The summed E-state index contributed by atoms with van der Waals surface area (Å²) in [5.74, 6) is 0.157. The Bertz CT molecular complexity index is 773. The first-order valence-electron chi connectivity index (χ1n) is 7.89. The van der Waals surface area contributed by atoms with Gasteiger partial charge in [0.15, 0.2) is 0 Å². The number of amides is 2. The monoisotopic (exact) mass is 324 g/mol. The van der Waals surface area contributed by atoms with Gasteiger partial charge >= 0.3 is 0 Å². The summed E-state index contributed by atoms with van der Waals surface area (Å²) in [4.78, 5) is 26.4. The first kappa shape index (κ1) is 16.1. The Kier molecular flexibility index (Phi) is 4.51. The van der Waals surface area contributed by atoms with Gasteiger partial charge in [0.2, 0.25) is 11.8 Å². The van der Waals surface area contributed by atoms with Crippen LogP contribution in [0.2, 0.25) is 0 Å². The highest BCUT2D eigenvalue weighted by molar-refractivity contribution is 6.03. The van der Waals surface area contributed by atoms with Crippen LogP contribution in [0.1, 0.15) is 12.0 Å². The molecule has 2 aromatic rings. The van der Waals surface area contributed by atoms with Crippen LogP contribution in [0.5, 0.6) is 5.75 Å². The van der Waals surface area contributed by atoms with Crippen molar-refractivity contribution in [2.75, 3.05) is 23.9 Å². The predicted octanol–water partition coefficient (Wildman–Crippen LogP) is 3.00. The summed E-state index contributed by atoms with van der Waals surface area (Å²) in [6.45, 7) is 2.35. The SMILES string of the molecule is COc1cccc(N2C[C@@H](C(=O)Nc3cccc(C)c3)CC2=O)c1. The third-order valence-electron chi connectivity index (χ3n) is 4.15. The maximum atomic E-state index is 12.5. The lowest BCUT2D eigenvalue weighted by atomic mass is 10.1. The quantitative estimate of drug-likeness (QED) is 0.940. The average Bonchev–Trinajstić information content (AvgIpc) is 2.97. The molecule has 1 heterocycles. The maximum absolute atomic E-state index is 12.5. The van der Waals surface area contributed by atoms with E-state index in [1.54, 1.807) is 18.1 Å². The first-order chi connectivity index (χ1) is 11.6. The molecular weight excluding hydrogens is 304 g/mol. The van der Waals surface area contributed by atoms with Gasteiger partial charge in [-0.05, 0) is 36.8 Å². The summed E-state index contributed by atoms with van der Waals surface area (Å²) in [6, 6.07) is 14.9. The van der Waals surface area contributed by atoms with E-state index in [9.17, 15) is 9.59 Å². The molecule has 2 aromatic carbocycles. The van der Waals surface area contributed by atoms with Gasteiger partial charge < -0.3 is 15.0 Å². The lowest BCUT2D eigenvalue weighted by Gasteiger charge is -2.17. The second-order valence-corrected chi connectivity index (χ2v) is 5.97. The zero-order chi connectivity index (χ0) is 17.1. The predicted molar refractivity (Wildman–Crippen MR) is 93.3 cm³/mol. The molecule has 1 aliphatic heterocycles. The third-order valence-corrected chi connectivity index (χ3v) is 4.15. The molecule has 24 heavy (non-hydrogen) atoms. The van der Waals surface area contributed by atoms with Gasteiger partial charge in [-0.3, -0.25) is 9.59 Å². The molecule has 1 saturated heterocycles. The van der Waals surface area contributed by atoms with Crippen molar-refractivity contribution in [2.45, 2.75) is 13.3 Å². The number of nitrogens with one attached hydrogen (secondary N) is 1. The second-order valence-electron chi connectivity index (χ2n) is 5.97. The molecule has 1 atom stereocenters.